The first-order valence-corrected chi connectivity index (χ1v) is 5.69. The number of anilines is 1. The molecule has 0 radical (unpaired) electrons. The Hall–Kier alpha value is -1.45. The number of halogens is 2. The molecule has 5 heteroatoms. The monoisotopic (exact) mass is 268 g/mol. The van der Waals surface area contributed by atoms with Gasteiger partial charge in [-0.25, -0.2) is 4.98 Å². The lowest BCUT2D eigenvalue weighted by molar-refractivity contribution is 0.306. The zero-order valence-electron chi connectivity index (χ0n) is 8.86. The molecule has 2 N–H and O–H groups in total. The Kier molecular flexibility index (Phi) is 3.71. The van der Waals surface area contributed by atoms with Crippen LogP contribution in [0.2, 0.25) is 10.0 Å². The summed E-state index contributed by atoms with van der Waals surface area (Å²) < 4.78 is 5.54. The Morgan fingerprint density at radius 2 is 1.94 bits per heavy atom. The van der Waals surface area contributed by atoms with Crippen molar-refractivity contribution in [3.63, 3.8) is 0 Å². The highest BCUT2D eigenvalue weighted by molar-refractivity contribution is 6.42. The average Bonchev–Trinajstić information content (AvgIpc) is 2.33. The Labute approximate surface area is 109 Å². The Morgan fingerprint density at radius 1 is 1.12 bits per heavy atom. The van der Waals surface area contributed by atoms with Crippen molar-refractivity contribution in [2.45, 2.75) is 6.61 Å². The topological polar surface area (TPSA) is 48.1 Å². The van der Waals surface area contributed by atoms with Crippen molar-refractivity contribution in [2.75, 3.05) is 5.73 Å². The number of benzene rings is 1. The van der Waals surface area contributed by atoms with E-state index < -0.39 is 0 Å². The van der Waals surface area contributed by atoms with Crippen LogP contribution in [0.25, 0.3) is 0 Å². The number of nitrogens with two attached hydrogens (primary N) is 1. The fourth-order valence-corrected chi connectivity index (χ4v) is 1.54. The maximum absolute atomic E-state index is 5.88. The third-order valence-corrected chi connectivity index (χ3v) is 2.88. The molecule has 0 bridgehead atoms. The second-order valence-corrected chi connectivity index (χ2v) is 4.27. The van der Waals surface area contributed by atoms with Crippen LogP contribution in [0.15, 0.2) is 36.5 Å². The first-order chi connectivity index (χ1) is 8.15. The van der Waals surface area contributed by atoms with Crippen molar-refractivity contribution in [1.29, 1.82) is 0 Å². The fourth-order valence-electron chi connectivity index (χ4n) is 1.25. The minimum atomic E-state index is 0.408. The third kappa shape index (κ3) is 3.25. The highest BCUT2D eigenvalue weighted by atomic mass is 35.5. The van der Waals surface area contributed by atoms with Crippen LogP contribution in [-0.4, -0.2) is 4.98 Å². The molecule has 1 aromatic heterocycles. The van der Waals surface area contributed by atoms with Crippen molar-refractivity contribution in [2.24, 2.45) is 0 Å². The molecule has 17 heavy (non-hydrogen) atoms. The SMILES string of the molecule is Nc1ccc(COc2ccc(Cl)c(Cl)c2)cn1. The Morgan fingerprint density at radius 3 is 2.59 bits per heavy atom. The lowest BCUT2D eigenvalue weighted by Crippen LogP contribution is -1.97. The molecule has 2 rings (SSSR count). The predicted octanol–water partition coefficient (Wildman–Crippen LogP) is 3.55. The van der Waals surface area contributed by atoms with Crippen LogP contribution >= 0.6 is 23.2 Å². The van der Waals surface area contributed by atoms with Gasteiger partial charge in [0.2, 0.25) is 0 Å². The number of hydrogen-bond donors (Lipinski definition) is 1. The summed E-state index contributed by atoms with van der Waals surface area (Å²) in [6, 6.07) is 8.72. The maximum Gasteiger partial charge on any atom is 0.123 e. The molecule has 0 unspecified atom stereocenters. The van der Waals surface area contributed by atoms with Gasteiger partial charge in [-0.2, -0.15) is 0 Å². The van der Waals surface area contributed by atoms with E-state index in [1.807, 2.05) is 6.07 Å². The van der Waals surface area contributed by atoms with Gasteiger partial charge in [0, 0.05) is 17.8 Å². The van der Waals surface area contributed by atoms with E-state index in [1.54, 1.807) is 30.5 Å². The van der Waals surface area contributed by atoms with Gasteiger partial charge in [-0.15, -0.1) is 0 Å². The van der Waals surface area contributed by atoms with Crippen molar-refractivity contribution in [3.8, 4) is 5.75 Å². The van der Waals surface area contributed by atoms with Gasteiger partial charge >= 0.3 is 0 Å². The van der Waals surface area contributed by atoms with Gasteiger partial charge in [0.25, 0.3) is 0 Å². The highest BCUT2D eigenvalue weighted by Crippen LogP contribution is 2.26. The normalized spacial score (nSPS) is 10.2. The molecule has 0 amide bonds. The summed E-state index contributed by atoms with van der Waals surface area (Å²) in [6.07, 6.45) is 1.67. The summed E-state index contributed by atoms with van der Waals surface area (Å²) in [4.78, 5) is 3.97. The van der Waals surface area contributed by atoms with E-state index >= 15 is 0 Å². The minimum absolute atomic E-state index is 0.408. The van der Waals surface area contributed by atoms with Crippen LogP contribution in [0.3, 0.4) is 0 Å². The molecule has 1 aromatic carbocycles. The summed E-state index contributed by atoms with van der Waals surface area (Å²) >= 11 is 11.7. The number of ether oxygens (including phenoxy) is 1. The van der Waals surface area contributed by atoms with Gasteiger partial charge in [0.05, 0.1) is 10.0 Å². The molecule has 0 saturated heterocycles. The number of aromatic nitrogens is 1. The van der Waals surface area contributed by atoms with Crippen molar-refractivity contribution >= 4 is 29.0 Å². The van der Waals surface area contributed by atoms with Crippen LogP contribution < -0.4 is 10.5 Å². The molecule has 0 spiro atoms. The second-order valence-electron chi connectivity index (χ2n) is 3.46. The van der Waals surface area contributed by atoms with E-state index in [0.717, 1.165) is 5.56 Å². The predicted molar refractivity (Wildman–Crippen MR) is 69.4 cm³/mol. The van der Waals surface area contributed by atoms with Gasteiger partial charge in [0.15, 0.2) is 0 Å². The first kappa shape index (κ1) is 12.0. The number of nitrogens with zero attached hydrogens (tertiary/aromatic N) is 1. The zero-order chi connectivity index (χ0) is 12.3. The molecule has 0 fully saturated rings. The van der Waals surface area contributed by atoms with E-state index in [0.29, 0.717) is 28.2 Å². The van der Waals surface area contributed by atoms with Crippen LogP contribution in [0.4, 0.5) is 5.82 Å². The summed E-state index contributed by atoms with van der Waals surface area (Å²) in [5.41, 5.74) is 6.42. The zero-order valence-corrected chi connectivity index (χ0v) is 10.4. The summed E-state index contributed by atoms with van der Waals surface area (Å²) in [7, 11) is 0. The smallest absolute Gasteiger partial charge is 0.123 e. The van der Waals surface area contributed by atoms with Gasteiger partial charge in [-0.3, -0.25) is 0 Å². The quantitative estimate of drug-likeness (QED) is 0.926. The van der Waals surface area contributed by atoms with Crippen molar-refractivity contribution in [1.82, 2.24) is 4.98 Å². The lowest BCUT2D eigenvalue weighted by Gasteiger charge is -2.07. The van der Waals surface area contributed by atoms with Gasteiger partial charge in [0.1, 0.15) is 18.2 Å². The number of pyridine rings is 1. The van der Waals surface area contributed by atoms with E-state index in [9.17, 15) is 0 Å². The van der Waals surface area contributed by atoms with Crippen LogP contribution in [0, 0.1) is 0 Å². The third-order valence-electron chi connectivity index (χ3n) is 2.14. The van der Waals surface area contributed by atoms with E-state index in [4.69, 9.17) is 33.7 Å². The molecular weight excluding hydrogens is 259 g/mol. The first-order valence-electron chi connectivity index (χ1n) is 4.93. The largest absolute Gasteiger partial charge is 0.489 e. The lowest BCUT2D eigenvalue weighted by atomic mass is 10.3. The Balaban J connectivity index is 2.02. The van der Waals surface area contributed by atoms with Crippen LogP contribution in [-0.2, 0) is 6.61 Å². The van der Waals surface area contributed by atoms with Gasteiger partial charge < -0.3 is 10.5 Å². The van der Waals surface area contributed by atoms with Crippen LogP contribution in [0.5, 0.6) is 5.75 Å². The number of hydrogen-bond acceptors (Lipinski definition) is 3. The standard InChI is InChI=1S/C12H10Cl2N2O/c13-10-3-2-9(5-11(10)14)17-7-8-1-4-12(15)16-6-8/h1-6H,7H2,(H2,15,16). The maximum atomic E-state index is 5.88. The minimum Gasteiger partial charge on any atom is -0.489 e. The van der Waals surface area contributed by atoms with Crippen molar-refractivity contribution < 1.29 is 4.74 Å². The molecular formula is C12H10Cl2N2O. The summed E-state index contributed by atoms with van der Waals surface area (Å²) in [6.45, 7) is 0.408. The molecule has 0 saturated carbocycles. The molecule has 0 aliphatic rings. The fraction of sp³-hybridized carbons (Fsp3) is 0.0833. The molecule has 3 nitrogen and oxygen atoms in total. The van der Waals surface area contributed by atoms with Gasteiger partial charge in [-0.05, 0) is 18.2 Å². The van der Waals surface area contributed by atoms with E-state index in [2.05, 4.69) is 4.98 Å². The van der Waals surface area contributed by atoms with Crippen LogP contribution in [0.1, 0.15) is 5.56 Å². The highest BCUT2D eigenvalue weighted by Gasteiger charge is 2.01. The average molecular weight is 269 g/mol. The van der Waals surface area contributed by atoms with E-state index in [1.165, 1.54) is 0 Å². The Bertz CT molecular complexity index is 514. The molecule has 2 aromatic rings. The molecule has 88 valence electrons. The molecule has 1 heterocycles. The molecule has 0 aliphatic carbocycles. The molecule has 0 aliphatic heterocycles. The number of nitrogen functional groups attached to an aromatic ring is 1. The van der Waals surface area contributed by atoms with Gasteiger partial charge in [-0.1, -0.05) is 29.3 Å². The molecule has 0 atom stereocenters. The summed E-state index contributed by atoms with van der Waals surface area (Å²) in [5.74, 6) is 1.15. The second kappa shape index (κ2) is 5.25. The van der Waals surface area contributed by atoms with E-state index in [-0.39, 0.29) is 0 Å². The number of rotatable bonds is 3. The van der Waals surface area contributed by atoms with Crippen molar-refractivity contribution in [3.05, 3.63) is 52.1 Å². The summed E-state index contributed by atoms with van der Waals surface area (Å²) in [5, 5.41) is 0.979.